The fraction of sp³-hybridized carbons (Fsp3) is 0.500. The maximum atomic E-state index is 11.7. The van der Waals surface area contributed by atoms with Gasteiger partial charge in [-0.3, -0.25) is 0 Å². The molecule has 11 heavy (non-hydrogen) atoms. The zero-order chi connectivity index (χ0) is 9.07. The van der Waals surface area contributed by atoms with E-state index in [2.05, 4.69) is 0 Å². The number of alkyl halides is 3. The van der Waals surface area contributed by atoms with Crippen LogP contribution < -0.4 is 0 Å². The van der Waals surface area contributed by atoms with E-state index in [1.165, 1.54) is 0 Å². The molecule has 0 bridgehead atoms. The Morgan fingerprint density at radius 1 is 1.55 bits per heavy atom. The van der Waals surface area contributed by atoms with Gasteiger partial charge >= 0.3 is 12.1 Å². The highest BCUT2D eigenvalue weighted by Gasteiger charge is 2.33. The minimum atomic E-state index is -4.36. The van der Waals surface area contributed by atoms with Gasteiger partial charge in [-0.2, -0.15) is 13.2 Å². The van der Waals surface area contributed by atoms with Crippen LogP contribution in [0.5, 0.6) is 0 Å². The molecule has 0 aromatic rings. The van der Waals surface area contributed by atoms with Crippen LogP contribution in [0.2, 0.25) is 0 Å². The number of aliphatic carboxylic acids is 1. The molecule has 0 aromatic carbocycles. The Morgan fingerprint density at radius 2 is 2.00 bits per heavy atom. The SMILES string of the molecule is CC(/C=C/C(=O)O)C(F)(F)F. The highest BCUT2D eigenvalue weighted by molar-refractivity contribution is 5.79. The summed E-state index contributed by atoms with van der Waals surface area (Å²) in [6.07, 6.45) is -3.27. The van der Waals surface area contributed by atoms with Crippen LogP contribution >= 0.6 is 0 Å². The van der Waals surface area contributed by atoms with Gasteiger partial charge in [-0.1, -0.05) is 13.0 Å². The van der Waals surface area contributed by atoms with Crippen molar-refractivity contribution < 1.29 is 23.1 Å². The molecule has 0 aliphatic carbocycles. The summed E-state index contributed by atoms with van der Waals surface area (Å²) in [4.78, 5) is 9.78. The number of allylic oxidation sites excluding steroid dienone is 1. The molecule has 0 saturated carbocycles. The molecule has 0 amide bonds. The summed E-state index contributed by atoms with van der Waals surface area (Å²) < 4.78 is 35.0. The summed E-state index contributed by atoms with van der Waals surface area (Å²) in [7, 11) is 0. The van der Waals surface area contributed by atoms with E-state index in [9.17, 15) is 18.0 Å². The first kappa shape index (κ1) is 10.0. The van der Waals surface area contributed by atoms with Crippen LogP contribution in [0.1, 0.15) is 6.92 Å². The molecule has 0 fully saturated rings. The van der Waals surface area contributed by atoms with E-state index < -0.39 is 18.1 Å². The molecular formula is C6H7F3O2. The highest BCUT2D eigenvalue weighted by atomic mass is 19.4. The zero-order valence-corrected chi connectivity index (χ0v) is 5.72. The van der Waals surface area contributed by atoms with Crippen LogP contribution in [0.15, 0.2) is 12.2 Å². The van der Waals surface area contributed by atoms with Crippen molar-refractivity contribution in [3.05, 3.63) is 12.2 Å². The minimum absolute atomic E-state index is 0.484. The van der Waals surface area contributed by atoms with Gasteiger partial charge in [0.05, 0.1) is 5.92 Å². The molecule has 0 rings (SSSR count). The lowest BCUT2D eigenvalue weighted by atomic mass is 10.1. The Hall–Kier alpha value is -1.00. The summed E-state index contributed by atoms with van der Waals surface area (Å²) in [5.74, 6) is -3.08. The van der Waals surface area contributed by atoms with Crippen molar-refractivity contribution >= 4 is 5.97 Å². The van der Waals surface area contributed by atoms with Crippen molar-refractivity contribution in [2.75, 3.05) is 0 Å². The Morgan fingerprint density at radius 3 is 2.27 bits per heavy atom. The van der Waals surface area contributed by atoms with Gasteiger partial charge in [0.2, 0.25) is 0 Å². The van der Waals surface area contributed by atoms with E-state index in [4.69, 9.17) is 5.11 Å². The molecule has 1 unspecified atom stereocenters. The van der Waals surface area contributed by atoms with Crippen LogP contribution in [0.3, 0.4) is 0 Å². The van der Waals surface area contributed by atoms with E-state index in [-0.39, 0.29) is 0 Å². The number of hydrogen-bond donors (Lipinski definition) is 1. The average Bonchev–Trinajstić information content (AvgIpc) is 1.80. The molecule has 64 valence electrons. The van der Waals surface area contributed by atoms with Gasteiger partial charge in [0.15, 0.2) is 0 Å². The first-order chi connectivity index (χ1) is 4.84. The van der Waals surface area contributed by atoms with Gasteiger partial charge in [-0.15, -0.1) is 0 Å². The number of rotatable bonds is 2. The van der Waals surface area contributed by atoms with Gasteiger partial charge in [0.1, 0.15) is 0 Å². The fourth-order valence-electron chi connectivity index (χ4n) is 0.336. The molecule has 0 spiro atoms. The van der Waals surface area contributed by atoms with E-state index in [0.717, 1.165) is 6.92 Å². The summed E-state index contributed by atoms with van der Waals surface area (Å²) in [6, 6.07) is 0. The molecule has 0 aromatic heterocycles. The van der Waals surface area contributed by atoms with Gasteiger partial charge < -0.3 is 5.11 Å². The maximum absolute atomic E-state index is 11.7. The molecule has 5 heteroatoms. The predicted molar refractivity (Wildman–Crippen MR) is 32.0 cm³/mol. The van der Waals surface area contributed by atoms with Crippen LogP contribution in [-0.2, 0) is 4.79 Å². The van der Waals surface area contributed by atoms with Crippen LogP contribution in [0, 0.1) is 5.92 Å². The topological polar surface area (TPSA) is 37.3 Å². The summed E-state index contributed by atoms with van der Waals surface area (Å²) in [5, 5.41) is 7.97. The lowest BCUT2D eigenvalue weighted by molar-refractivity contribution is -0.156. The molecule has 0 aliphatic rings. The highest BCUT2D eigenvalue weighted by Crippen LogP contribution is 2.26. The first-order valence-corrected chi connectivity index (χ1v) is 2.82. The van der Waals surface area contributed by atoms with Gasteiger partial charge in [0, 0.05) is 6.08 Å². The van der Waals surface area contributed by atoms with E-state index >= 15 is 0 Å². The smallest absolute Gasteiger partial charge is 0.394 e. The second kappa shape index (κ2) is 3.41. The summed E-state index contributed by atoms with van der Waals surface area (Å²) in [6.45, 7) is 0.888. The molecule has 0 heterocycles. The van der Waals surface area contributed by atoms with Crippen molar-refractivity contribution in [3.63, 3.8) is 0 Å². The molecule has 0 radical (unpaired) electrons. The fourth-order valence-corrected chi connectivity index (χ4v) is 0.336. The monoisotopic (exact) mass is 168 g/mol. The number of carboxylic acids is 1. The largest absolute Gasteiger partial charge is 0.478 e. The second-order valence-corrected chi connectivity index (χ2v) is 2.03. The van der Waals surface area contributed by atoms with Crippen molar-refractivity contribution in [2.24, 2.45) is 5.92 Å². The Bertz CT molecular complexity index is 171. The third kappa shape index (κ3) is 4.41. The number of halogens is 3. The first-order valence-electron chi connectivity index (χ1n) is 2.82. The van der Waals surface area contributed by atoms with Gasteiger partial charge in [0.25, 0.3) is 0 Å². The van der Waals surface area contributed by atoms with Crippen LogP contribution in [-0.4, -0.2) is 17.3 Å². The standard InChI is InChI=1S/C6H7F3O2/c1-4(6(7,8)9)2-3-5(10)11/h2-4H,1H3,(H,10,11)/b3-2+. The van der Waals surface area contributed by atoms with E-state index in [1.807, 2.05) is 0 Å². The zero-order valence-electron chi connectivity index (χ0n) is 5.72. The quantitative estimate of drug-likeness (QED) is 0.638. The molecule has 0 saturated heterocycles. The summed E-state index contributed by atoms with van der Waals surface area (Å²) in [5.41, 5.74) is 0. The molecule has 1 N–H and O–H groups in total. The minimum Gasteiger partial charge on any atom is -0.478 e. The molecule has 1 atom stereocenters. The molecular weight excluding hydrogens is 161 g/mol. The third-order valence-corrected chi connectivity index (χ3v) is 1.04. The molecule has 0 aliphatic heterocycles. The van der Waals surface area contributed by atoms with Crippen LogP contribution in [0.4, 0.5) is 13.2 Å². The summed E-state index contributed by atoms with van der Waals surface area (Å²) >= 11 is 0. The van der Waals surface area contributed by atoms with E-state index in [1.54, 1.807) is 0 Å². The van der Waals surface area contributed by atoms with Crippen molar-refractivity contribution in [1.82, 2.24) is 0 Å². The average molecular weight is 168 g/mol. The number of carboxylic acid groups (broad SMARTS) is 1. The number of hydrogen-bond acceptors (Lipinski definition) is 1. The van der Waals surface area contributed by atoms with Crippen molar-refractivity contribution in [2.45, 2.75) is 13.1 Å². The molecule has 2 nitrogen and oxygen atoms in total. The van der Waals surface area contributed by atoms with Crippen molar-refractivity contribution in [1.29, 1.82) is 0 Å². The lowest BCUT2D eigenvalue weighted by Crippen LogP contribution is -2.17. The van der Waals surface area contributed by atoms with Gasteiger partial charge in [-0.05, 0) is 0 Å². The van der Waals surface area contributed by atoms with Gasteiger partial charge in [-0.25, -0.2) is 4.79 Å². The third-order valence-electron chi connectivity index (χ3n) is 1.04. The Kier molecular flexibility index (Phi) is 3.10. The van der Waals surface area contributed by atoms with Crippen molar-refractivity contribution in [3.8, 4) is 0 Å². The second-order valence-electron chi connectivity index (χ2n) is 2.03. The lowest BCUT2D eigenvalue weighted by Gasteiger charge is -2.09. The number of carbonyl (C=O) groups is 1. The van der Waals surface area contributed by atoms with Crippen LogP contribution in [0.25, 0.3) is 0 Å². The van der Waals surface area contributed by atoms with E-state index in [0.29, 0.717) is 12.2 Å². The Labute approximate surface area is 61.3 Å². The predicted octanol–water partition coefficient (Wildman–Crippen LogP) is 1.83. The Balaban J connectivity index is 4.07. The normalized spacial score (nSPS) is 15.3. The maximum Gasteiger partial charge on any atom is 0.394 e.